The maximum absolute atomic E-state index is 13.9. The molecule has 3 atom stereocenters. The topological polar surface area (TPSA) is 141 Å². The summed E-state index contributed by atoms with van der Waals surface area (Å²) in [6, 6.07) is 24.2. The number of imidazole rings is 2. The molecular weight excluding hydrogens is 664 g/mol. The molecule has 1 fully saturated rings. The van der Waals surface area contributed by atoms with Crippen molar-refractivity contribution in [2.75, 3.05) is 18.6 Å². The molecule has 3 aliphatic rings. The number of aromatic amines is 2. The summed E-state index contributed by atoms with van der Waals surface area (Å²) in [5.74, 6) is 1.55. The molecule has 3 aliphatic heterocycles. The molecule has 9 rings (SSSR count). The summed E-state index contributed by atoms with van der Waals surface area (Å²) in [5, 5.41) is 7.31. The Morgan fingerprint density at radius 1 is 0.882 bits per heavy atom. The van der Waals surface area contributed by atoms with Gasteiger partial charge in [0, 0.05) is 22.9 Å². The second kappa shape index (κ2) is 13.3. The summed E-state index contributed by atoms with van der Waals surface area (Å²) in [4.78, 5) is 49.1. The number of carbonyl (C=O) groups is 2. The number of H-pyrrole nitrogens is 2. The number of benzene rings is 3. The van der Waals surface area contributed by atoms with Crippen LogP contribution in [0, 0.1) is 0 Å². The molecule has 4 N–H and O–H groups in total. The molecule has 0 aliphatic carbocycles. The number of nitrogens with one attached hydrogen (secondary N) is 4. The van der Waals surface area contributed by atoms with Crippen molar-refractivity contribution in [3.8, 4) is 33.8 Å². The van der Waals surface area contributed by atoms with Crippen LogP contribution in [0.4, 0.5) is 10.5 Å². The van der Waals surface area contributed by atoms with Crippen molar-refractivity contribution in [3.05, 3.63) is 108 Å². The number of amides is 2. The van der Waals surface area contributed by atoms with Crippen LogP contribution < -0.4 is 15.5 Å². The standard InChI is InChI=1S/C39H36N8O3.ClH/c1-50-39(49)46-31-16-11-24-4-2-5-27-19-34(47(35(24)27)38(31)48)37-42-20-32(45-37)23-9-7-22(8-10-23)28-14-12-25-18-26(13-15-29(25)43-28)33-21-41-36(44-33)30-6-3-17-40-30;/h2,4-5,7-10,12-15,18,20-21,30-31,34,40H,3,6,11,16-17,19H2,1H3,(H,41,44)(H,42,45)(H,46,49);1H/t30-,31-,34-;/m0./s1. The number of pyridine rings is 1. The van der Waals surface area contributed by atoms with E-state index in [0.717, 1.165) is 80.3 Å². The molecule has 12 heteroatoms. The number of alkyl carbamates (subject to hydrolysis) is 1. The molecule has 0 saturated carbocycles. The Balaban J connectivity index is 0.00000374. The predicted octanol–water partition coefficient (Wildman–Crippen LogP) is 6.83. The molecule has 2 amide bonds. The summed E-state index contributed by atoms with van der Waals surface area (Å²) in [6.45, 7) is 1.04. The van der Waals surface area contributed by atoms with E-state index in [1.165, 1.54) is 13.5 Å². The van der Waals surface area contributed by atoms with Crippen molar-refractivity contribution in [1.29, 1.82) is 0 Å². The Morgan fingerprint density at radius 3 is 2.43 bits per heavy atom. The fourth-order valence-corrected chi connectivity index (χ4v) is 7.69. The Hall–Kier alpha value is -5.52. The molecule has 0 radical (unpaired) electrons. The molecule has 0 bridgehead atoms. The fourth-order valence-electron chi connectivity index (χ4n) is 7.69. The average molecular weight is 701 g/mol. The highest BCUT2D eigenvalue weighted by atomic mass is 35.5. The number of methoxy groups -OCH3 is 1. The van der Waals surface area contributed by atoms with E-state index in [4.69, 9.17) is 14.7 Å². The number of nitrogens with zero attached hydrogens (tertiary/aromatic N) is 4. The summed E-state index contributed by atoms with van der Waals surface area (Å²) in [6.07, 6.45) is 7.23. The van der Waals surface area contributed by atoms with Crippen LogP contribution in [0.3, 0.4) is 0 Å². The third-order valence-electron chi connectivity index (χ3n) is 10.3. The van der Waals surface area contributed by atoms with Crippen LogP contribution in [0.15, 0.2) is 85.2 Å². The number of hydrogen-bond donors (Lipinski definition) is 4. The number of anilines is 1. The number of rotatable bonds is 6. The monoisotopic (exact) mass is 700 g/mol. The Morgan fingerprint density at radius 2 is 1.63 bits per heavy atom. The first-order chi connectivity index (χ1) is 24.5. The van der Waals surface area contributed by atoms with Gasteiger partial charge in [-0.3, -0.25) is 9.69 Å². The van der Waals surface area contributed by atoms with Crippen LogP contribution >= 0.6 is 12.4 Å². The van der Waals surface area contributed by atoms with Gasteiger partial charge in [-0.05, 0) is 67.1 Å². The first-order valence-electron chi connectivity index (χ1n) is 17.2. The van der Waals surface area contributed by atoms with Gasteiger partial charge in [0.25, 0.3) is 0 Å². The number of hydrogen-bond acceptors (Lipinski definition) is 7. The molecule has 51 heavy (non-hydrogen) atoms. The first kappa shape index (κ1) is 32.7. The second-order valence-electron chi connectivity index (χ2n) is 13.3. The summed E-state index contributed by atoms with van der Waals surface area (Å²) >= 11 is 0. The Kier molecular flexibility index (Phi) is 8.53. The van der Waals surface area contributed by atoms with Gasteiger partial charge in [0.15, 0.2) is 0 Å². The molecule has 258 valence electrons. The van der Waals surface area contributed by atoms with E-state index < -0.39 is 12.1 Å². The van der Waals surface area contributed by atoms with E-state index in [0.29, 0.717) is 31.1 Å². The summed E-state index contributed by atoms with van der Waals surface area (Å²) in [7, 11) is 1.30. The van der Waals surface area contributed by atoms with Crippen molar-refractivity contribution in [1.82, 2.24) is 35.6 Å². The van der Waals surface area contributed by atoms with E-state index >= 15 is 0 Å². The molecule has 3 aromatic heterocycles. The van der Waals surface area contributed by atoms with Gasteiger partial charge in [-0.1, -0.05) is 54.6 Å². The van der Waals surface area contributed by atoms with Gasteiger partial charge in [0.1, 0.15) is 17.7 Å². The zero-order valence-electron chi connectivity index (χ0n) is 28.0. The minimum Gasteiger partial charge on any atom is -0.453 e. The number of halogens is 1. The number of aromatic nitrogens is 5. The maximum atomic E-state index is 13.9. The third kappa shape index (κ3) is 5.92. The van der Waals surface area contributed by atoms with Crippen LogP contribution in [-0.4, -0.2) is 56.6 Å². The van der Waals surface area contributed by atoms with Gasteiger partial charge in [0.05, 0.1) is 59.9 Å². The van der Waals surface area contributed by atoms with Gasteiger partial charge in [0.2, 0.25) is 5.91 Å². The Labute approximate surface area is 300 Å². The van der Waals surface area contributed by atoms with Crippen molar-refractivity contribution >= 4 is 41.0 Å². The van der Waals surface area contributed by atoms with Crippen LogP contribution in [-0.2, 0) is 22.4 Å². The number of aryl methyl sites for hydroxylation is 1. The molecular formula is C39H37ClN8O3. The molecule has 0 spiro atoms. The number of para-hydroxylation sites is 1. The summed E-state index contributed by atoms with van der Waals surface area (Å²) < 4.78 is 4.81. The largest absolute Gasteiger partial charge is 0.453 e. The molecule has 1 saturated heterocycles. The van der Waals surface area contributed by atoms with Gasteiger partial charge in [-0.2, -0.15) is 0 Å². The third-order valence-corrected chi connectivity index (χ3v) is 10.3. The smallest absolute Gasteiger partial charge is 0.407 e. The predicted molar refractivity (Wildman–Crippen MR) is 198 cm³/mol. The minimum atomic E-state index is -0.681. The van der Waals surface area contributed by atoms with Crippen LogP contribution in [0.25, 0.3) is 44.7 Å². The zero-order valence-corrected chi connectivity index (χ0v) is 28.8. The molecule has 11 nitrogen and oxygen atoms in total. The fraction of sp³-hybridized carbons (Fsp3) is 0.256. The quantitative estimate of drug-likeness (QED) is 0.149. The van der Waals surface area contributed by atoms with E-state index in [1.54, 1.807) is 0 Å². The molecule has 3 aromatic carbocycles. The highest BCUT2D eigenvalue weighted by molar-refractivity contribution is 6.02. The van der Waals surface area contributed by atoms with Crippen LogP contribution in [0.2, 0.25) is 0 Å². The maximum Gasteiger partial charge on any atom is 0.407 e. The number of ether oxygens (including phenoxy) is 1. The van der Waals surface area contributed by atoms with Gasteiger partial charge in [-0.25, -0.2) is 19.7 Å². The lowest BCUT2D eigenvalue weighted by molar-refractivity contribution is -0.121. The van der Waals surface area contributed by atoms with Crippen LogP contribution in [0.1, 0.15) is 54.1 Å². The SMILES string of the molecule is COC(=O)N[C@H]1CCc2cccc3c2N(C1=O)[C@H](c1ncc(-c2ccc(-c4ccc5cc(-c6cnc([C@@H]7CCCN7)[nH]6)ccc5n4)cc2)[nH]1)C3.Cl. The van der Waals surface area contributed by atoms with E-state index in [1.807, 2.05) is 23.4 Å². The lowest BCUT2D eigenvalue weighted by atomic mass is 10.0. The van der Waals surface area contributed by atoms with Crippen molar-refractivity contribution < 1.29 is 14.3 Å². The highest BCUT2D eigenvalue weighted by Crippen LogP contribution is 2.44. The molecule has 6 heterocycles. The van der Waals surface area contributed by atoms with Gasteiger partial charge in [-0.15, -0.1) is 12.4 Å². The van der Waals surface area contributed by atoms with E-state index in [-0.39, 0.29) is 24.4 Å². The van der Waals surface area contributed by atoms with Crippen LogP contribution in [0.5, 0.6) is 0 Å². The lowest BCUT2D eigenvalue weighted by Crippen LogP contribution is -2.48. The van der Waals surface area contributed by atoms with Crippen molar-refractivity contribution in [2.24, 2.45) is 0 Å². The van der Waals surface area contributed by atoms with Gasteiger partial charge >= 0.3 is 6.09 Å². The van der Waals surface area contributed by atoms with Crippen molar-refractivity contribution in [3.63, 3.8) is 0 Å². The van der Waals surface area contributed by atoms with Crippen molar-refractivity contribution in [2.45, 2.75) is 50.2 Å². The molecule has 6 aromatic rings. The minimum absolute atomic E-state index is 0. The number of carbonyl (C=O) groups excluding carboxylic acids is 2. The highest BCUT2D eigenvalue weighted by Gasteiger charge is 2.42. The van der Waals surface area contributed by atoms with E-state index in [9.17, 15) is 9.59 Å². The first-order valence-corrected chi connectivity index (χ1v) is 17.2. The zero-order chi connectivity index (χ0) is 33.8. The second-order valence-corrected chi connectivity index (χ2v) is 13.3. The summed E-state index contributed by atoms with van der Waals surface area (Å²) in [5.41, 5.74) is 9.92. The van der Waals surface area contributed by atoms with E-state index in [2.05, 4.69) is 92.3 Å². The number of fused-ring (bicyclic) bond motifs is 1. The average Bonchev–Trinajstić information content (AvgIpc) is 3.98. The van der Waals surface area contributed by atoms with Gasteiger partial charge < -0.3 is 25.3 Å². The lowest BCUT2D eigenvalue weighted by Gasteiger charge is -2.27. The molecule has 0 unspecified atom stereocenters. The Bertz CT molecular complexity index is 2260. The normalized spacial score (nSPS) is 19.4.